The molecule has 0 heterocycles. The first-order valence-corrected chi connectivity index (χ1v) is 8.69. The summed E-state index contributed by atoms with van der Waals surface area (Å²) < 4.78 is 65.9. The molecular weight excluding hydrogens is 334 g/mol. The van der Waals surface area contributed by atoms with Gasteiger partial charge in [0.1, 0.15) is 0 Å². The quantitative estimate of drug-likeness (QED) is 0.707. The van der Waals surface area contributed by atoms with E-state index in [0.29, 0.717) is 18.9 Å². The Morgan fingerprint density at radius 2 is 1.74 bits per heavy atom. The first-order chi connectivity index (χ1) is 10.6. The van der Waals surface area contributed by atoms with Crippen LogP contribution in [0.25, 0.3) is 0 Å². The average Bonchev–Trinajstić information content (AvgIpc) is 2.46. The van der Waals surface area contributed by atoms with Crippen LogP contribution in [-0.2, 0) is 16.2 Å². The van der Waals surface area contributed by atoms with Gasteiger partial charge in [-0.3, -0.25) is 0 Å². The molecule has 0 aliphatic heterocycles. The fraction of sp³-hybridized carbons (Fsp3) is 0.538. The Balaban J connectivity index is 2.35. The van der Waals surface area contributed by atoms with Crippen LogP contribution in [0.4, 0.5) is 13.2 Å². The molecule has 0 aromatic heterocycles. The lowest BCUT2D eigenvalue weighted by Gasteiger charge is -2.23. The van der Waals surface area contributed by atoms with E-state index in [1.165, 1.54) is 0 Å². The summed E-state index contributed by atoms with van der Waals surface area (Å²) in [6.45, 7) is 0. The molecule has 0 atom stereocenters. The van der Waals surface area contributed by atoms with Gasteiger partial charge in [0, 0.05) is 6.04 Å². The maximum absolute atomic E-state index is 13.0. The first-order valence-electron chi connectivity index (χ1n) is 7.21. The van der Waals surface area contributed by atoms with Gasteiger partial charge in [-0.25, -0.2) is 13.1 Å². The summed E-state index contributed by atoms with van der Waals surface area (Å²) in [6.07, 6.45) is -0.834. The number of sulfonamides is 1. The molecule has 2 rings (SSSR count). The predicted octanol–water partition coefficient (Wildman–Crippen LogP) is 0.996. The molecule has 0 radical (unpaired) electrons. The minimum Gasteiger partial charge on any atom is -0.423 e. The molecule has 1 aromatic carbocycles. The Kier molecular flexibility index (Phi) is 5.39. The number of hydrogen-bond donors (Lipinski definition) is 3. The van der Waals surface area contributed by atoms with Crippen LogP contribution in [0.2, 0.25) is 0 Å². The molecule has 0 amide bonds. The largest absolute Gasteiger partial charge is 0.489 e. The monoisotopic (exact) mass is 351 g/mol. The average molecular weight is 351 g/mol. The summed E-state index contributed by atoms with van der Waals surface area (Å²) in [6, 6.07) is 1.85. The third-order valence-electron chi connectivity index (χ3n) is 3.85. The molecule has 3 N–H and O–H groups in total. The van der Waals surface area contributed by atoms with Crippen molar-refractivity contribution in [2.24, 2.45) is 0 Å². The topological polar surface area (TPSA) is 86.6 Å². The smallest absolute Gasteiger partial charge is 0.423 e. The van der Waals surface area contributed by atoms with Crippen LogP contribution in [-0.4, -0.2) is 31.6 Å². The lowest BCUT2D eigenvalue weighted by atomic mass is 9.77. The fourth-order valence-electron chi connectivity index (χ4n) is 2.68. The van der Waals surface area contributed by atoms with Crippen molar-refractivity contribution in [3.63, 3.8) is 0 Å². The molecule has 1 aliphatic rings. The summed E-state index contributed by atoms with van der Waals surface area (Å²) in [4.78, 5) is -0.542. The molecule has 1 fully saturated rings. The van der Waals surface area contributed by atoms with Gasteiger partial charge in [0.2, 0.25) is 10.0 Å². The highest BCUT2D eigenvalue weighted by molar-refractivity contribution is 7.89. The molecule has 5 nitrogen and oxygen atoms in total. The highest BCUT2D eigenvalue weighted by Crippen LogP contribution is 2.30. The van der Waals surface area contributed by atoms with E-state index in [0.717, 1.165) is 31.4 Å². The number of alkyl halides is 3. The molecule has 0 bridgehead atoms. The Hall–Kier alpha value is -1.10. The maximum atomic E-state index is 13.0. The lowest BCUT2D eigenvalue weighted by Crippen LogP contribution is -2.38. The molecule has 23 heavy (non-hydrogen) atoms. The lowest BCUT2D eigenvalue weighted by molar-refractivity contribution is -0.137. The van der Waals surface area contributed by atoms with Crippen molar-refractivity contribution >= 4 is 22.6 Å². The number of rotatable bonds is 4. The molecule has 1 saturated carbocycles. The van der Waals surface area contributed by atoms with Crippen LogP contribution in [0, 0.1) is 0 Å². The van der Waals surface area contributed by atoms with Crippen LogP contribution in [0.1, 0.15) is 37.7 Å². The van der Waals surface area contributed by atoms with Gasteiger partial charge in [0.05, 0.1) is 10.5 Å². The van der Waals surface area contributed by atoms with Crippen molar-refractivity contribution in [1.82, 2.24) is 4.72 Å². The van der Waals surface area contributed by atoms with Gasteiger partial charge in [-0.15, -0.1) is 0 Å². The van der Waals surface area contributed by atoms with Crippen LogP contribution in [0.3, 0.4) is 0 Å². The van der Waals surface area contributed by atoms with E-state index in [1.807, 2.05) is 0 Å². The van der Waals surface area contributed by atoms with E-state index >= 15 is 0 Å². The summed E-state index contributed by atoms with van der Waals surface area (Å²) in [7, 11) is -6.44. The third kappa shape index (κ3) is 4.47. The minimum atomic E-state index is -4.89. The zero-order chi connectivity index (χ0) is 17.3. The summed E-state index contributed by atoms with van der Waals surface area (Å²) in [5.74, 6) is 0. The van der Waals surface area contributed by atoms with Crippen molar-refractivity contribution in [2.75, 3.05) is 0 Å². The standard InChI is InChI=1S/C13H17BF3NO4S/c15-13(16,17)11-8-10(6-7-12(11)14(19)20)23(21,22)18-9-4-2-1-3-5-9/h6-9,18-20H,1-5H2. The molecule has 0 spiro atoms. The van der Waals surface area contributed by atoms with Crippen LogP contribution in [0.5, 0.6) is 0 Å². The SMILES string of the molecule is O=S(=O)(NC1CCCCC1)c1ccc(B(O)O)c(C(F)(F)F)c1. The first kappa shape index (κ1) is 18.2. The Bertz CT molecular complexity index is 658. The van der Waals surface area contributed by atoms with E-state index in [9.17, 15) is 21.6 Å². The molecule has 1 aromatic rings. The van der Waals surface area contributed by atoms with E-state index in [-0.39, 0.29) is 6.04 Å². The maximum Gasteiger partial charge on any atom is 0.489 e. The second kappa shape index (κ2) is 6.80. The molecule has 128 valence electrons. The molecule has 10 heteroatoms. The summed E-state index contributed by atoms with van der Waals surface area (Å²) >= 11 is 0. The van der Waals surface area contributed by atoms with E-state index < -0.39 is 39.2 Å². The molecule has 0 saturated heterocycles. The number of benzene rings is 1. The van der Waals surface area contributed by atoms with Gasteiger partial charge < -0.3 is 10.0 Å². The van der Waals surface area contributed by atoms with E-state index in [4.69, 9.17) is 10.0 Å². The number of hydrogen-bond acceptors (Lipinski definition) is 4. The molecular formula is C13H17BF3NO4S. The second-order valence-electron chi connectivity index (χ2n) is 5.58. The van der Waals surface area contributed by atoms with Crippen molar-refractivity contribution in [2.45, 2.75) is 49.2 Å². The van der Waals surface area contributed by atoms with Crippen molar-refractivity contribution in [3.05, 3.63) is 23.8 Å². The third-order valence-corrected chi connectivity index (χ3v) is 5.36. The normalized spacial score (nSPS) is 17.3. The van der Waals surface area contributed by atoms with Gasteiger partial charge >= 0.3 is 13.3 Å². The molecule has 0 unspecified atom stereocenters. The molecule has 1 aliphatic carbocycles. The fourth-order valence-corrected chi connectivity index (χ4v) is 4.01. The Morgan fingerprint density at radius 1 is 1.13 bits per heavy atom. The minimum absolute atomic E-state index is 0.286. The summed E-state index contributed by atoms with van der Waals surface area (Å²) in [5, 5.41) is 18.0. The van der Waals surface area contributed by atoms with Crippen LogP contribution < -0.4 is 10.2 Å². The summed E-state index contributed by atoms with van der Waals surface area (Å²) in [5.41, 5.74) is -2.16. The Labute approximate surface area is 132 Å². The van der Waals surface area contributed by atoms with Gasteiger partial charge in [-0.1, -0.05) is 25.3 Å². The zero-order valence-corrected chi connectivity index (χ0v) is 13.0. The van der Waals surface area contributed by atoms with Gasteiger partial charge in [-0.2, -0.15) is 13.2 Å². The van der Waals surface area contributed by atoms with Crippen molar-refractivity contribution in [3.8, 4) is 0 Å². The van der Waals surface area contributed by atoms with Gasteiger partial charge in [-0.05, 0) is 30.4 Å². The highest BCUT2D eigenvalue weighted by atomic mass is 32.2. The van der Waals surface area contributed by atoms with E-state index in [2.05, 4.69) is 4.72 Å². The Morgan fingerprint density at radius 3 is 2.26 bits per heavy atom. The van der Waals surface area contributed by atoms with Gasteiger partial charge in [0.15, 0.2) is 0 Å². The predicted molar refractivity (Wildman–Crippen MR) is 78.5 cm³/mol. The zero-order valence-electron chi connectivity index (χ0n) is 12.2. The number of nitrogens with one attached hydrogen (secondary N) is 1. The number of halogens is 3. The van der Waals surface area contributed by atoms with Crippen LogP contribution in [0.15, 0.2) is 23.1 Å². The second-order valence-corrected chi connectivity index (χ2v) is 7.29. The van der Waals surface area contributed by atoms with Crippen molar-refractivity contribution in [1.29, 1.82) is 0 Å². The van der Waals surface area contributed by atoms with Crippen molar-refractivity contribution < 1.29 is 31.6 Å². The van der Waals surface area contributed by atoms with Crippen LogP contribution >= 0.6 is 0 Å². The van der Waals surface area contributed by atoms with E-state index in [1.54, 1.807) is 0 Å². The highest BCUT2D eigenvalue weighted by Gasteiger charge is 2.37. The van der Waals surface area contributed by atoms with Gasteiger partial charge in [0.25, 0.3) is 0 Å².